The van der Waals surface area contributed by atoms with Gasteiger partial charge in [0.05, 0.1) is 9.79 Å². The van der Waals surface area contributed by atoms with Crippen LogP contribution in [-0.2, 0) is 20.0 Å². The summed E-state index contributed by atoms with van der Waals surface area (Å²) in [6.45, 7) is 0. The summed E-state index contributed by atoms with van der Waals surface area (Å²) in [4.78, 5) is -0.0565. The summed E-state index contributed by atoms with van der Waals surface area (Å²) >= 11 is 0. The molecule has 0 unspecified atom stereocenters. The number of rotatable bonds is 6. The van der Waals surface area contributed by atoms with E-state index in [4.69, 9.17) is 5.73 Å². The normalized spacial score (nSPS) is 24.5. The van der Waals surface area contributed by atoms with Crippen LogP contribution >= 0.6 is 12.4 Å². The number of hydrogen-bond acceptors (Lipinski definition) is 5. The zero-order valence-corrected chi connectivity index (χ0v) is 16.2. The van der Waals surface area contributed by atoms with E-state index in [1.165, 1.54) is 24.3 Å². The lowest BCUT2D eigenvalue weighted by atomic mass is 9.93. The van der Waals surface area contributed by atoms with E-state index in [9.17, 15) is 16.8 Å². The highest BCUT2D eigenvalue weighted by Crippen LogP contribution is 2.24. The maximum Gasteiger partial charge on any atom is 0.240 e. The second-order valence-electron chi connectivity index (χ2n) is 6.60. The summed E-state index contributed by atoms with van der Waals surface area (Å²) < 4.78 is 54.8. The van der Waals surface area contributed by atoms with Crippen LogP contribution in [0.25, 0.3) is 0 Å². The SMILES string of the molecule is Cl.NC1CCC(NS(=O)(=O)c2cccc(S(=O)(=O)NC3CC3)c2)CC1. The predicted molar refractivity (Wildman–Crippen MR) is 97.6 cm³/mol. The summed E-state index contributed by atoms with van der Waals surface area (Å²) in [7, 11) is -7.43. The van der Waals surface area contributed by atoms with Gasteiger partial charge in [-0.05, 0) is 56.7 Å². The van der Waals surface area contributed by atoms with Crippen LogP contribution in [0, 0.1) is 0 Å². The molecule has 1 aromatic carbocycles. The van der Waals surface area contributed by atoms with Gasteiger partial charge >= 0.3 is 0 Å². The molecule has 4 N–H and O–H groups in total. The summed E-state index contributed by atoms with van der Waals surface area (Å²) in [6.07, 6.45) is 4.61. The van der Waals surface area contributed by atoms with Crippen molar-refractivity contribution < 1.29 is 16.8 Å². The number of hydrogen-bond donors (Lipinski definition) is 3. The molecule has 0 saturated heterocycles. The second-order valence-corrected chi connectivity index (χ2v) is 10.0. The zero-order valence-electron chi connectivity index (χ0n) is 13.7. The molecule has 10 heteroatoms. The number of halogens is 1. The average Bonchev–Trinajstić information content (AvgIpc) is 3.33. The van der Waals surface area contributed by atoms with Crippen LogP contribution in [0.15, 0.2) is 34.1 Å². The van der Waals surface area contributed by atoms with Crippen LogP contribution < -0.4 is 15.2 Å². The van der Waals surface area contributed by atoms with E-state index in [1.54, 1.807) is 0 Å². The van der Waals surface area contributed by atoms with Crippen molar-refractivity contribution >= 4 is 32.5 Å². The minimum atomic E-state index is -3.76. The molecule has 0 heterocycles. The fourth-order valence-corrected chi connectivity index (χ4v) is 5.60. The largest absolute Gasteiger partial charge is 0.328 e. The second kappa shape index (κ2) is 7.89. The van der Waals surface area contributed by atoms with E-state index in [-0.39, 0.29) is 40.3 Å². The quantitative estimate of drug-likeness (QED) is 0.650. The van der Waals surface area contributed by atoms with E-state index in [0.29, 0.717) is 12.8 Å². The lowest BCUT2D eigenvalue weighted by molar-refractivity contribution is 0.373. The number of nitrogens with two attached hydrogens (primary N) is 1. The van der Waals surface area contributed by atoms with Crippen molar-refractivity contribution in [2.45, 2.75) is 66.4 Å². The molecule has 1 aromatic rings. The van der Waals surface area contributed by atoms with Gasteiger partial charge in [-0.3, -0.25) is 0 Å². The first kappa shape index (κ1) is 20.6. The van der Waals surface area contributed by atoms with Crippen molar-refractivity contribution in [3.8, 4) is 0 Å². The number of nitrogens with one attached hydrogen (secondary N) is 2. The van der Waals surface area contributed by atoms with Gasteiger partial charge in [-0.2, -0.15) is 0 Å². The van der Waals surface area contributed by atoms with Crippen molar-refractivity contribution in [2.75, 3.05) is 0 Å². The van der Waals surface area contributed by atoms with E-state index in [0.717, 1.165) is 25.7 Å². The van der Waals surface area contributed by atoms with Gasteiger partial charge < -0.3 is 5.73 Å². The summed E-state index contributed by atoms with van der Waals surface area (Å²) in [5.41, 5.74) is 5.83. The van der Waals surface area contributed by atoms with Crippen molar-refractivity contribution in [1.82, 2.24) is 9.44 Å². The Labute approximate surface area is 155 Å². The molecule has 0 spiro atoms. The van der Waals surface area contributed by atoms with E-state index in [2.05, 4.69) is 9.44 Å². The maximum atomic E-state index is 12.5. The number of sulfonamides is 2. The van der Waals surface area contributed by atoms with Gasteiger partial charge in [0.1, 0.15) is 0 Å². The van der Waals surface area contributed by atoms with E-state index < -0.39 is 20.0 Å². The van der Waals surface area contributed by atoms with Crippen LogP contribution in [-0.4, -0.2) is 35.0 Å². The third-order valence-electron chi connectivity index (χ3n) is 4.42. The third-order valence-corrected chi connectivity index (χ3v) is 7.46. The highest BCUT2D eigenvalue weighted by atomic mass is 35.5. The van der Waals surface area contributed by atoms with Crippen LogP contribution in [0.1, 0.15) is 38.5 Å². The highest BCUT2D eigenvalue weighted by Gasteiger charge is 2.29. The molecule has 2 fully saturated rings. The molecule has 7 nitrogen and oxygen atoms in total. The minimum absolute atomic E-state index is 0. The summed E-state index contributed by atoms with van der Waals surface area (Å²) in [6, 6.07) is 5.43. The third kappa shape index (κ3) is 5.38. The first-order chi connectivity index (χ1) is 11.3. The predicted octanol–water partition coefficient (Wildman–Crippen LogP) is 1.10. The molecular formula is C15H24ClN3O4S2. The smallest absolute Gasteiger partial charge is 0.240 e. The van der Waals surface area contributed by atoms with Crippen molar-refractivity contribution in [2.24, 2.45) is 5.73 Å². The molecule has 0 bridgehead atoms. The Morgan fingerprint density at radius 3 is 1.60 bits per heavy atom. The number of benzene rings is 1. The monoisotopic (exact) mass is 409 g/mol. The molecule has 0 atom stereocenters. The molecule has 0 radical (unpaired) electrons. The summed E-state index contributed by atoms with van der Waals surface area (Å²) in [5.74, 6) is 0. The molecule has 2 saturated carbocycles. The van der Waals surface area contributed by atoms with Crippen LogP contribution in [0.2, 0.25) is 0 Å². The standard InChI is InChI=1S/C15H23N3O4S2.ClH/c16-11-4-6-12(7-5-11)17-23(19,20)14-2-1-3-15(10-14)24(21,22)18-13-8-9-13;/h1-3,10-13,17-18H,4-9,16H2;1H. The van der Waals surface area contributed by atoms with Crippen LogP contribution in [0.4, 0.5) is 0 Å². The Kier molecular flexibility index (Phi) is 6.50. The molecule has 0 amide bonds. The van der Waals surface area contributed by atoms with Gasteiger partial charge in [0.15, 0.2) is 0 Å². The Morgan fingerprint density at radius 2 is 1.20 bits per heavy atom. The average molecular weight is 410 g/mol. The van der Waals surface area contributed by atoms with E-state index >= 15 is 0 Å². The molecule has 2 aliphatic carbocycles. The van der Waals surface area contributed by atoms with Crippen molar-refractivity contribution in [3.05, 3.63) is 24.3 Å². The van der Waals surface area contributed by atoms with Crippen molar-refractivity contribution in [3.63, 3.8) is 0 Å². The Morgan fingerprint density at radius 1 is 0.800 bits per heavy atom. The minimum Gasteiger partial charge on any atom is -0.328 e. The molecule has 0 aliphatic heterocycles. The maximum absolute atomic E-state index is 12.5. The topological polar surface area (TPSA) is 118 Å². The van der Waals surface area contributed by atoms with Crippen LogP contribution in [0.5, 0.6) is 0 Å². The lowest BCUT2D eigenvalue weighted by Gasteiger charge is -2.26. The van der Waals surface area contributed by atoms with E-state index in [1.807, 2.05) is 0 Å². The van der Waals surface area contributed by atoms with Gasteiger partial charge in [-0.15, -0.1) is 12.4 Å². The first-order valence-corrected chi connectivity index (χ1v) is 11.1. The fourth-order valence-electron chi connectivity index (χ4n) is 2.82. The molecule has 2 aliphatic rings. The van der Waals surface area contributed by atoms with Crippen LogP contribution in [0.3, 0.4) is 0 Å². The molecular weight excluding hydrogens is 386 g/mol. The molecule has 3 rings (SSSR count). The van der Waals surface area contributed by atoms with Gasteiger partial charge in [0.25, 0.3) is 0 Å². The summed E-state index contributed by atoms with van der Waals surface area (Å²) in [5, 5.41) is 0. The first-order valence-electron chi connectivity index (χ1n) is 8.16. The molecule has 142 valence electrons. The Bertz CT molecular complexity index is 802. The van der Waals surface area contributed by atoms with Gasteiger partial charge in [-0.1, -0.05) is 6.07 Å². The van der Waals surface area contributed by atoms with Gasteiger partial charge in [0, 0.05) is 18.1 Å². The van der Waals surface area contributed by atoms with Gasteiger partial charge in [-0.25, -0.2) is 26.3 Å². The van der Waals surface area contributed by atoms with Crippen molar-refractivity contribution in [1.29, 1.82) is 0 Å². The highest BCUT2D eigenvalue weighted by molar-refractivity contribution is 7.90. The van der Waals surface area contributed by atoms with Gasteiger partial charge in [0.2, 0.25) is 20.0 Å². The molecule has 0 aromatic heterocycles. The lowest BCUT2D eigenvalue weighted by Crippen LogP contribution is -2.40. The Hall–Kier alpha value is -0.710. The fraction of sp³-hybridized carbons (Fsp3) is 0.600. The Balaban J connectivity index is 0.00000225. The zero-order chi connectivity index (χ0) is 17.4. The molecule has 25 heavy (non-hydrogen) atoms.